The van der Waals surface area contributed by atoms with Crippen LogP contribution in [0, 0.1) is 0 Å². The van der Waals surface area contributed by atoms with E-state index in [0.717, 1.165) is 6.54 Å². The van der Waals surface area contributed by atoms with Crippen LogP contribution < -0.4 is 10.6 Å². The second kappa shape index (κ2) is 5.90. The molecule has 0 amide bonds. The first kappa shape index (κ1) is 14.2. The molecule has 2 nitrogen and oxygen atoms in total. The lowest BCUT2D eigenvalue weighted by molar-refractivity contribution is 0.917. The predicted molar refractivity (Wildman–Crippen MR) is 89.9 cm³/mol. The molecule has 21 heavy (non-hydrogen) atoms. The van der Waals surface area contributed by atoms with E-state index in [1.807, 2.05) is 0 Å². The molecule has 1 fully saturated rings. The fraction of sp³-hybridized carbons (Fsp3) is 0.368. The van der Waals surface area contributed by atoms with Gasteiger partial charge in [0.2, 0.25) is 0 Å². The summed E-state index contributed by atoms with van der Waals surface area (Å²) in [6.45, 7) is 7.58. The molecule has 0 spiro atoms. The maximum absolute atomic E-state index is 3.44. The summed E-state index contributed by atoms with van der Waals surface area (Å²) in [6, 6.07) is 19.0. The van der Waals surface area contributed by atoms with Gasteiger partial charge in [-0.2, -0.15) is 0 Å². The molecule has 2 aromatic carbocycles. The molecule has 0 bridgehead atoms. The first-order chi connectivity index (χ1) is 10.2. The van der Waals surface area contributed by atoms with Gasteiger partial charge in [0.05, 0.1) is 0 Å². The average Bonchev–Trinajstić information content (AvgIpc) is 3.25. The van der Waals surface area contributed by atoms with Crippen molar-refractivity contribution in [3.63, 3.8) is 0 Å². The first-order valence-electron chi connectivity index (χ1n) is 7.88. The third kappa shape index (κ3) is 3.11. The zero-order chi connectivity index (χ0) is 14.8. The molecule has 1 aliphatic heterocycles. The Hall–Kier alpha value is -1.80. The van der Waals surface area contributed by atoms with Crippen LogP contribution in [0.1, 0.15) is 49.4 Å². The number of hydrogen-bond donors (Lipinski definition) is 2. The van der Waals surface area contributed by atoms with Crippen molar-refractivity contribution < 1.29 is 0 Å². The van der Waals surface area contributed by atoms with Gasteiger partial charge < -0.3 is 10.6 Å². The van der Waals surface area contributed by atoms with Crippen LogP contribution in [0.3, 0.4) is 0 Å². The fourth-order valence-electron chi connectivity index (χ4n) is 2.89. The standard InChI is InChI=1S/C19H24N2/c1-4-20-18-11-9-16(10-12-18)13(2)15-5-7-17(8-6-15)19-14(3)21-19/h5-14,19-21H,4H2,1-3H3. The molecule has 1 saturated heterocycles. The maximum Gasteiger partial charge on any atom is 0.0476 e. The van der Waals surface area contributed by atoms with Crippen molar-refractivity contribution in [2.45, 2.75) is 38.8 Å². The number of nitrogens with one attached hydrogen (secondary N) is 2. The molecule has 2 heteroatoms. The molecule has 3 atom stereocenters. The van der Waals surface area contributed by atoms with Gasteiger partial charge in [-0.25, -0.2) is 0 Å². The summed E-state index contributed by atoms with van der Waals surface area (Å²) < 4.78 is 0. The minimum Gasteiger partial charge on any atom is -0.385 e. The van der Waals surface area contributed by atoms with Crippen molar-refractivity contribution in [1.29, 1.82) is 0 Å². The number of anilines is 1. The summed E-state index contributed by atoms with van der Waals surface area (Å²) >= 11 is 0. The molecular weight excluding hydrogens is 256 g/mol. The van der Waals surface area contributed by atoms with Gasteiger partial charge >= 0.3 is 0 Å². The molecule has 110 valence electrons. The molecule has 3 unspecified atom stereocenters. The smallest absolute Gasteiger partial charge is 0.0476 e. The van der Waals surface area contributed by atoms with Crippen molar-refractivity contribution in [2.75, 3.05) is 11.9 Å². The molecule has 3 rings (SSSR count). The quantitative estimate of drug-likeness (QED) is 0.801. The Bertz CT molecular complexity index is 586. The third-order valence-corrected chi connectivity index (χ3v) is 4.42. The van der Waals surface area contributed by atoms with Crippen LogP contribution in [0.25, 0.3) is 0 Å². The normalized spacial score (nSPS) is 21.9. The van der Waals surface area contributed by atoms with E-state index in [1.165, 1.54) is 22.4 Å². The van der Waals surface area contributed by atoms with Gasteiger partial charge in [-0.15, -0.1) is 0 Å². The molecule has 0 radical (unpaired) electrons. The van der Waals surface area contributed by atoms with Crippen LogP contribution >= 0.6 is 0 Å². The van der Waals surface area contributed by atoms with E-state index in [9.17, 15) is 0 Å². The second-order valence-corrected chi connectivity index (χ2v) is 5.97. The van der Waals surface area contributed by atoms with Gasteiger partial charge in [-0.05, 0) is 42.7 Å². The van der Waals surface area contributed by atoms with Crippen LogP contribution in [0.2, 0.25) is 0 Å². The Labute approximate surface area is 127 Å². The summed E-state index contributed by atoms with van der Waals surface area (Å²) in [5.41, 5.74) is 5.34. The van der Waals surface area contributed by atoms with Crippen LogP contribution in [-0.4, -0.2) is 12.6 Å². The zero-order valence-corrected chi connectivity index (χ0v) is 13.1. The zero-order valence-electron chi connectivity index (χ0n) is 13.1. The van der Waals surface area contributed by atoms with Crippen molar-refractivity contribution in [1.82, 2.24) is 5.32 Å². The van der Waals surface area contributed by atoms with Gasteiger partial charge in [0.15, 0.2) is 0 Å². The summed E-state index contributed by atoms with van der Waals surface area (Å²) in [5.74, 6) is 0.430. The maximum atomic E-state index is 3.44. The Balaban J connectivity index is 1.73. The molecule has 1 aliphatic rings. The summed E-state index contributed by atoms with van der Waals surface area (Å²) in [4.78, 5) is 0. The predicted octanol–water partition coefficient (Wildman–Crippen LogP) is 4.30. The second-order valence-electron chi connectivity index (χ2n) is 5.97. The summed E-state index contributed by atoms with van der Waals surface area (Å²) in [7, 11) is 0. The monoisotopic (exact) mass is 280 g/mol. The third-order valence-electron chi connectivity index (χ3n) is 4.42. The SMILES string of the molecule is CCNc1ccc(C(C)c2ccc(C3NC3C)cc2)cc1. The van der Waals surface area contributed by atoms with Gasteiger partial charge in [0, 0.05) is 30.2 Å². The Morgan fingerprint density at radius 3 is 2.00 bits per heavy atom. The number of benzene rings is 2. The Kier molecular flexibility index (Phi) is 3.98. The van der Waals surface area contributed by atoms with Crippen molar-refractivity contribution in [3.05, 3.63) is 65.2 Å². The van der Waals surface area contributed by atoms with Crippen LogP contribution in [-0.2, 0) is 0 Å². The number of rotatable bonds is 5. The first-order valence-corrected chi connectivity index (χ1v) is 7.88. The van der Waals surface area contributed by atoms with Crippen molar-refractivity contribution in [3.8, 4) is 0 Å². The highest BCUT2D eigenvalue weighted by molar-refractivity contribution is 5.46. The average molecular weight is 280 g/mol. The summed E-state index contributed by atoms with van der Waals surface area (Å²) in [5, 5.41) is 6.78. The molecule has 0 aromatic heterocycles. The van der Waals surface area contributed by atoms with E-state index in [4.69, 9.17) is 0 Å². The van der Waals surface area contributed by atoms with E-state index in [-0.39, 0.29) is 0 Å². The van der Waals surface area contributed by atoms with Crippen LogP contribution in [0.4, 0.5) is 5.69 Å². The fourth-order valence-corrected chi connectivity index (χ4v) is 2.89. The van der Waals surface area contributed by atoms with E-state index >= 15 is 0 Å². The molecule has 0 aliphatic carbocycles. The molecule has 1 heterocycles. The largest absolute Gasteiger partial charge is 0.385 e. The van der Waals surface area contributed by atoms with E-state index < -0.39 is 0 Å². The minimum atomic E-state index is 0.430. The molecule has 2 N–H and O–H groups in total. The van der Waals surface area contributed by atoms with Crippen molar-refractivity contribution in [2.24, 2.45) is 0 Å². The Morgan fingerprint density at radius 2 is 1.52 bits per heavy atom. The number of hydrogen-bond acceptors (Lipinski definition) is 2. The van der Waals surface area contributed by atoms with Gasteiger partial charge in [0.25, 0.3) is 0 Å². The van der Waals surface area contributed by atoms with Crippen molar-refractivity contribution >= 4 is 5.69 Å². The van der Waals surface area contributed by atoms with E-state index in [0.29, 0.717) is 18.0 Å². The van der Waals surface area contributed by atoms with Gasteiger partial charge in [-0.3, -0.25) is 0 Å². The van der Waals surface area contributed by atoms with E-state index in [2.05, 4.69) is 79.9 Å². The Morgan fingerprint density at radius 1 is 1.00 bits per heavy atom. The lowest BCUT2D eigenvalue weighted by Gasteiger charge is -2.14. The highest BCUT2D eigenvalue weighted by Crippen LogP contribution is 2.31. The summed E-state index contributed by atoms with van der Waals surface area (Å²) in [6.07, 6.45) is 0. The lowest BCUT2D eigenvalue weighted by Crippen LogP contribution is -1.99. The highest BCUT2D eigenvalue weighted by Gasteiger charge is 2.32. The minimum absolute atomic E-state index is 0.430. The highest BCUT2D eigenvalue weighted by atomic mass is 15.1. The lowest BCUT2D eigenvalue weighted by atomic mass is 9.92. The van der Waals surface area contributed by atoms with Crippen LogP contribution in [0.15, 0.2) is 48.5 Å². The molecular formula is C19H24N2. The molecule has 0 saturated carbocycles. The van der Waals surface area contributed by atoms with E-state index in [1.54, 1.807) is 0 Å². The molecule has 2 aromatic rings. The van der Waals surface area contributed by atoms with Gasteiger partial charge in [-0.1, -0.05) is 43.3 Å². The van der Waals surface area contributed by atoms with Crippen LogP contribution in [0.5, 0.6) is 0 Å². The topological polar surface area (TPSA) is 34.0 Å². The van der Waals surface area contributed by atoms with Gasteiger partial charge in [0.1, 0.15) is 0 Å².